The van der Waals surface area contributed by atoms with E-state index in [1.165, 1.54) is 12.1 Å². The molecule has 0 aliphatic carbocycles. The molecule has 2 rings (SSSR count). The summed E-state index contributed by atoms with van der Waals surface area (Å²) in [5.74, 6) is -0.367. The highest BCUT2D eigenvalue weighted by atomic mass is 35.5. The van der Waals surface area contributed by atoms with Crippen LogP contribution in [0.15, 0.2) is 30.3 Å². The van der Waals surface area contributed by atoms with Gasteiger partial charge in [0.15, 0.2) is 0 Å². The molecule has 1 amide bonds. The Morgan fingerprint density at radius 3 is 2.76 bits per heavy atom. The third-order valence-electron chi connectivity index (χ3n) is 2.75. The van der Waals surface area contributed by atoms with Gasteiger partial charge in [-0.05, 0) is 44.2 Å². The third-order valence-corrected chi connectivity index (χ3v) is 2.99. The van der Waals surface area contributed by atoms with Crippen LogP contribution in [0.5, 0.6) is 0 Å². The minimum atomic E-state index is -0.575. The Kier molecular flexibility index (Phi) is 4.75. The molecule has 2 aromatic rings. The van der Waals surface area contributed by atoms with Gasteiger partial charge in [0.25, 0.3) is 5.91 Å². The number of aromatic nitrogens is 1. The van der Waals surface area contributed by atoms with Gasteiger partial charge in [-0.2, -0.15) is 0 Å². The molecule has 0 aliphatic heterocycles. The predicted octanol–water partition coefficient (Wildman–Crippen LogP) is 3.87. The van der Waals surface area contributed by atoms with Crippen molar-refractivity contribution in [2.24, 2.45) is 0 Å². The maximum atomic E-state index is 13.7. The van der Waals surface area contributed by atoms with E-state index in [0.717, 1.165) is 6.07 Å². The Hall–Kier alpha value is -2.14. The number of hydrogen-bond donors (Lipinski definition) is 2. The van der Waals surface area contributed by atoms with Crippen molar-refractivity contribution in [1.29, 1.82) is 0 Å². The van der Waals surface area contributed by atoms with Crippen LogP contribution in [-0.2, 0) is 0 Å². The second-order valence-corrected chi connectivity index (χ2v) is 4.93. The fourth-order valence-electron chi connectivity index (χ4n) is 1.86. The van der Waals surface area contributed by atoms with Crippen LogP contribution < -0.4 is 10.6 Å². The van der Waals surface area contributed by atoms with Crippen LogP contribution in [0.2, 0.25) is 5.02 Å². The number of nitrogens with zero attached hydrogens (tertiary/aromatic N) is 1. The number of carbonyl (C=O) groups is 1. The van der Waals surface area contributed by atoms with E-state index < -0.39 is 11.7 Å². The van der Waals surface area contributed by atoms with Gasteiger partial charge in [-0.25, -0.2) is 9.37 Å². The summed E-state index contributed by atoms with van der Waals surface area (Å²) in [6.07, 6.45) is 0. The van der Waals surface area contributed by atoms with Gasteiger partial charge in [0, 0.05) is 22.8 Å². The molecule has 2 N–H and O–H groups in total. The van der Waals surface area contributed by atoms with Crippen LogP contribution in [0.4, 0.5) is 15.9 Å². The van der Waals surface area contributed by atoms with Crippen molar-refractivity contribution in [3.8, 4) is 0 Å². The Morgan fingerprint density at radius 2 is 2.10 bits per heavy atom. The van der Waals surface area contributed by atoms with Crippen LogP contribution in [0.25, 0.3) is 0 Å². The Morgan fingerprint density at radius 1 is 1.33 bits per heavy atom. The summed E-state index contributed by atoms with van der Waals surface area (Å²) in [4.78, 5) is 16.5. The maximum Gasteiger partial charge on any atom is 0.255 e. The average Bonchev–Trinajstić information content (AvgIpc) is 2.41. The van der Waals surface area contributed by atoms with Gasteiger partial charge >= 0.3 is 0 Å². The number of hydrogen-bond acceptors (Lipinski definition) is 3. The Bertz CT molecular complexity index is 676. The number of halogens is 2. The molecule has 1 aromatic heterocycles. The third kappa shape index (κ3) is 3.92. The van der Waals surface area contributed by atoms with Crippen molar-refractivity contribution in [2.75, 3.05) is 17.2 Å². The van der Waals surface area contributed by atoms with Gasteiger partial charge in [0.05, 0.1) is 5.69 Å². The van der Waals surface area contributed by atoms with Crippen LogP contribution in [0, 0.1) is 12.7 Å². The number of rotatable bonds is 4. The normalized spacial score (nSPS) is 10.3. The minimum Gasteiger partial charge on any atom is -0.370 e. The van der Waals surface area contributed by atoms with Crippen molar-refractivity contribution in [1.82, 2.24) is 4.98 Å². The molecule has 0 atom stereocenters. The van der Waals surface area contributed by atoms with Gasteiger partial charge < -0.3 is 10.6 Å². The second kappa shape index (κ2) is 6.54. The summed E-state index contributed by atoms with van der Waals surface area (Å²) in [5.41, 5.74) is 1.20. The zero-order valence-corrected chi connectivity index (χ0v) is 12.5. The fourth-order valence-corrected chi connectivity index (χ4v) is 2.02. The van der Waals surface area contributed by atoms with Gasteiger partial charge in [0.1, 0.15) is 11.6 Å². The monoisotopic (exact) mass is 307 g/mol. The molecule has 4 nitrogen and oxygen atoms in total. The fraction of sp³-hybridized carbons (Fsp3) is 0.200. The van der Waals surface area contributed by atoms with Crippen molar-refractivity contribution >= 4 is 29.0 Å². The van der Waals surface area contributed by atoms with Crippen LogP contribution >= 0.6 is 11.6 Å². The highest BCUT2D eigenvalue weighted by molar-refractivity contribution is 6.30. The van der Waals surface area contributed by atoms with Gasteiger partial charge in [-0.15, -0.1) is 0 Å². The van der Waals surface area contributed by atoms with Crippen LogP contribution in [-0.4, -0.2) is 17.4 Å². The first-order valence-electron chi connectivity index (χ1n) is 6.48. The van der Waals surface area contributed by atoms with Crippen molar-refractivity contribution in [3.05, 3.63) is 52.4 Å². The zero-order valence-electron chi connectivity index (χ0n) is 11.7. The molecule has 0 radical (unpaired) electrons. The van der Waals surface area contributed by atoms with Crippen LogP contribution in [0.1, 0.15) is 23.0 Å². The first-order valence-corrected chi connectivity index (χ1v) is 6.86. The second-order valence-electron chi connectivity index (χ2n) is 4.49. The Balaban J connectivity index is 2.23. The topological polar surface area (TPSA) is 54.0 Å². The number of pyridine rings is 1. The molecule has 1 aromatic carbocycles. The first-order chi connectivity index (χ1) is 9.99. The summed E-state index contributed by atoms with van der Waals surface area (Å²) in [6.45, 7) is 4.43. The molecule has 0 fully saturated rings. The number of carbonyl (C=O) groups excluding carboxylic acids is 1. The maximum absolute atomic E-state index is 13.7. The molecule has 21 heavy (non-hydrogen) atoms. The van der Waals surface area contributed by atoms with E-state index in [-0.39, 0.29) is 10.7 Å². The summed E-state index contributed by atoms with van der Waals surface area (Å²) in [5, 5.41) is 5.84. The molecule has 0 unspecified atom stereocenters. The van der Waals surface area contributed by atoms with E-state index in [1.54, 1.807) is 19.1 Å². The van der Waals surface area contributed by atoms with Crippen molar-refractivity contribution in [3.63, 3.8) is 0 Å². The van der Waals surface area contributed by atoms with E-state index in [2.05, 4.69) is 15.6 Å². The molecule has 0 saturated heterocycles. The molecular formula is C15H15ClFN3O. The summed E-state index contributed by atoms with van der Waals surface area (Å²) < 4.78 is 13.7. The lowest BCUT2D eigenvalue weighted by molar-refractivity contribution is 0.102. The number of aryl methyl sites for hydroxylation is 1. The minimum absolute atomic E-state index is 0.0869. The van der Waals surface area contributed by atoms with Crippen molar-refractivity contribution < 1.29 is 9.18 Å². The van der Waals surface area contributed by atoms with Gasteiger partial charge in [-0.3, -0.25) is 4.79 Å². The highest BCUT2D eigenvalue weighted by Gasteiger charge is 2.11. The van der Waals surface area contributed by atoms with E-state index in [9.17, 15) is 9.18 Å². The Labute approximate surface area is 127 Å². The van der Waals surface area contributed by atoms with Gasteiger partial charge in [-0.1, -0.05) is 11.6 Å². The molecule has 0 bridgehead atoms. The SMILES string of the molecule is CCNc1cc(C(=O)Nc2ccc(Cl)cc2F)cc(C)n1. The molecular weight excluding hydrogens is 293 g/mol. The van der Waals surface area contributed by atoms with E-state index in [1.807, 2.05) is 6.92 Å². The summed E-state index contributed by atoms with van der Waals surface area (Å²) in [6, 6.07) is 7.36. The molecule has 6 heteroatoms. The largest absolute Gasteiger partial charge is 0.370 e. The lowest BCUT2D eigenvalue weighted by Gasteiger charge is -2.09. The summed E-state index contributed by atoms with van der Waals surface area (Å²) >= 11 is 5.68. The smallest absolute Gasteiger partial charge is 0.255 e. The number of amides is 1. The first kappa shape index (κ1) is 15.3. The highest BCUT2D eigenvalue weighted by Crippen LogP contribution is 2.20. The predicted molar refractivity (Wildman–Crippen MR) is 82.5 cm³/mol. The van der Waals surface area contributed by atoms with E-state index in [4.69, 9.17) is 11.6 Å². The van der Waals surface area contributed by atoms with E-state index >= 15 is 0 Å². The van der Waals surface area contributed by atoms with E-state index in [0.29, 0.717) is 23.6 Å². The van der Waals surface area contributed by atoms with Crippen LogP contribution in [0.3, 0.4) is 0 Å². The standard InChI is InChI=1S/C15H15ClFN3O/c1-3-18-14-7-10(6-9(2)19-14)15(21)20-13-5-4-11(16)8-12(13)17/h4-8H,3H2,1-2H3,(H,18,19)(H,20,21). The number of anilines is 2. The molecule has 110 valence electrons. The summed E-state index contributed by atoms with van der Waals surface area (Å²) in [7, 11) is 0. The molecule has 0 saturated carbocycles. The lowest BCUT2D eigenvalue weighted by Crippen LogP contribution is -2.14. The van der Waals surface area contributed by atoms with Gasteiger partial charge in [0.2, 0.25) is 0 Å². The molecule has 0 spiro atoms. The number of nitrogens with one attached hydrogen (secondary N) is 2. The van der Waals surface area contributed by atoms with Crippen molar-refractivity contribution in [2.45, 2.75) is 13.8 Å². The quantitative estimate of drug-likeness (QED) is 0.901. The average molecular weight is 308 g/mol. The molecule has 0 aliphatic rings. The molecule has 1 heterocycles. The lowest BCUT2D eigenvalue weighted by atomic mass is 10.2. The number of benzene rings is 1. The zero-order chi connectivity index (χ0) is 15.4.